The molecule has 0 aromatic heterocycles. The fourth-order valence-electron chi connectivity index (χ4n) is 10.3. The second-order valence-electron chi connectivity index (χ2n) is 23.8. The van der Waals surface area contributed by atoms with Gasteiger partial charge in [-0.2, -0.15) is 0 Å². The zero-order chi connectivity index (χ0) is 59.2. The minimum atomic E-state index is -0.779. The SMILES string of the molecule is CC/C=C\C/C=C\C/C=C\C/C=C\C/C=C\C/C=C\CCCCCCCCCCC(=O)OC(COC(=O)CCCCCCCCCC)COC(=O)CCCCCCCCCCCCCCCCCCC/C=C\CCCCCCCCCC. The molecule has 0 bridgehead atoms. The van der Waals surface area contributed by atoms with E-state index in [1.54, 1.807) is 0 Å². The Morgan fingerprint density at radius 2 is 0.476 bits per heavy atom. The molecule has 0 aliphatic carbocycles. The highest BCUT2D eigenvalue weighted by atomic mass is 16.6. The molecule has 1 unspecified atom stereocenters. The number of allylic oxidation sites excluding steroid dienone is 14. The van der Waals surface area contributed by atoms with Crippen LogP contribution in [0.25, 0.3) is 0 Å². The van der Waals surface area contributed by atoms with E-state index >= 15 is 0 Å². The number of ether oxygens (including phenoxy) is 3. The number of carbonyl (C=O) groups is 3. The zero-order valence-corrected chi connectivity index (χ0v) is 54.5. The van der Waals surface area contributed by atoms with Crippen LogP contribution in [0.1, 0.15) is 361 Å². The molecule has 0 aliphatic rings. The minimum absolute atomic E-state index is 0.0760. The fraction of sp³-hybridized carbons (Fsp3) is 0.776. The van der Waals surface area contributed by atoms with E-state index in [9.17, 15) is 14.4 Å². The van der Waals surface area contributed by atoms with Crippen LogP contribution in [-0.2, 0) is 28.6 Å². The third-order valence-electron chi connectivity index (χ3n) is 15.6. The first-order valence-electron chi connectivity index (χ1n) is 35.6. The maximum Gasteiger partial charge on any atom is 0.306 e. The molecule has 0 radical (unpaired) electrons. The second kappa shape index (κ2) is 70.1. The van der Waals surface area contributed by atoms with Crippen LogP contribution in [-0.4, -0.2) is 37.2 Å². The molecular formula is C76H134O6. The Bertz CT molecular complexity index is 1550. The van der Waals surface area contributed by atoms with Gasteiger partial charge >= 0.3 is 17.9 Å². The van der Waals surface area contributed by atoms with Crippen molar-refractivity contribution >= 4 is 17.9 Å². The Balaban J connectivity index is 4.12. The van der Waals surface area contributed by atoms with Crippen LogP contribution in [0.3, 0.4) is 0 Å². The first-order valence-corrected chi connectivity index (χ1v) is 35.6. The van der Waals surface area contributed by atoms with Gasteiger partial charge in [-0.3, -0.25) is 14.4 Å². The summed E-state index contributed by atoms with van der Waals surface area (Å²) in [5.41, 5.74) is 0. The molecule has 0 aliphatic heterocycles. The summed E-state index contributed by atoms with van der Waals surface area (Å²) in [6.07, 6.45) is 93.5. The smallest absolute Gasteiger partial charge is 0.306 e. The van der Waals surface area contributed by atoms with Gasteiger partial charge < -0.3 is 14.2 Å². The van der Waals surface area contributed by atoms with Crippen molar-refractivity contribution in [2.45, 2.75) is 367 Å². The highest BCUT2D eigenvalue weighted by Crippen LogP contribution is 2.18. The summed E-state index contributed by atoms with van der Waals surface area (Å²) in [5.74, 6) is -0.872. The van der Waals surface area contributed by atoms with E-state index in [-0.39, 0.29) is 31.1 Å². The van der Waals surface area contributed by atoms with E-state index in [1.807, 2.05) is 0 Å². The molecule has 0 heterocycles. The summed E-state index contributed by atoms with van der Waals surface area (Å²) in [7, 11) is 0. The van der Waals surface area contributed by atoms with Crippen molar-refractivity contribution in [3.8, 4) is 0 Å². The summed E-state index contributed by atoms with van der Waals surface area (Å²) >= 11 is 0. The van der Waals surface area contributed by atoms with Gasteiger partial charge in [-0.25, -0.2) is 0 Å². The van der Waals surface area contributed by atoms with E-state index in [0.717, 1.165) is 103 Å². The molecule has 6 nitrogen and oxygen atoms in total. The predicted molar refractivity (Wildman–Crippen MR) is 358 cm³/mol. The van der Waals surface area contributed by atoms with Gasteiger partial charge in [-0.15, -0.1) is 0 Å². The molecule has 0 saturated heterocycles. The molecule has 0 aromatic carbocycles. The molecule has 0 amide bonds. The number of rotatable bonds is 65. The van der Waals surface area contributed by atoms with Gasteiger partial charge in [0.25, 0.3) is 0 Å². The van der Waals surface area contributed by atoms with Gasteiger partial charge in [0.15, 0.2) is 6.10 Å². The monoisotopic (exact) mass is 1140 g/mol. The van der Waals surface area contributed by atoms with Crippen molar-refractivity contribution < 1.29 is 28.6 Å². The summed E-state index contributed by atoms with van der Waals surface area (Å²) < 4.78 is 16.9. The number of esters is 3. The van der Waals surface area contributed by atoms with Crippen molar-refractivity contribution in [3.63, 3.8) is 0 Å². The average molecular weight is 1140 g/mol. The largest absolute Gasteiger partial charge is 0.462 e. The van der Waals surface area contributed by atoms with Gasteiger partial charge in [0.1, 0.15) is 13.2 Å². The standard InChI is InChI=1S/C76H134O6/c1-4-7-10-13-16-19-21-23-25-27-29-31-33-35-37-38-40-41-43-45-47-49-51-53-55-57-60-63-66-69-75(78)81-72-73(71-80-74(77)68-65-62-59-18-15-12-9-6-3)82-76(79)70-67-64-61-58-56-54-52-50-48-46-44-42-39-36-34-32-30-28-26-24-22-20-17-14-11-8-5-2/h8,11,17,20,24,26-27,29-30,32,36,39,44,46,73H,4-7,9-10,12-16,18-19,21-23,25,28,31,33-35,37-38,40-43,45,47-72H2,1-3H3/b11-8-,20-17-,26-24-,29-27-,32-30-,39-36-,46-44-. The Morgan fingerprint density at radius 1 is 0.256 bits per heavy atom. The highest BCUT2D eigenvalue weighted by Gasteiger charge is 2.19. The Kier molecular flexibility index (Phi) is 67.2. The maximum absolute atomic E-state index is 12.9. The normalized spacial score (nSPS) is 12.6. The Hall–Kier alpha value is -3.41. The first kappa shape index (κ1) is 78.6. The van der Waals surface area contributed by atoms with Crippen molar-refractivity contribution in [2.75, 3.05) is 13.2 Å². The van der Waals surface area contributed by atoms with Crippen LogP contribution >= 0.6 is 0 Å². The average Bonchev–Trinajstić information content (AvgIpc) is 3.48. The van der Waals surface area contributed by atoms with Crippen molar-refractivity contribution in [1.29, 1.82) is 0 Å². The molecule has 1 atom stereocenters. The molecule has 82 heavy (non-hydrogen) atoms. The topological polar surface area (TPSA) is 78.9 Å². The predicted octanol–water partition coefficient (Wildman–Crippen LogP) is 24.6. The third-order valence-corrected chi connectivity index (χ3v) is 15.6. The van der Waals surface area contributed by atoms with Gasteiger partial charge in [-0.1, -0.05) is 331 Å². The van der Waals surface area contributed by atoms with E-state index in [4.69, 9.17) is 14.2 Å². The number of unbranched alkanes of at least 4 members (excludes halogenated alkanes) is 40. The van der Waals surface area contributed by atoms with Crippen LogP contribution in [0.5, 0.6) is 0 Å². The molecule has 6 heteroatoms. The van der Waals surface area contributed by atoms with Gasteiger partial charge in [-0.05, 0) is 96.3 Å². The van der Waals surface area contributed by atoms with Gasteiger partial charge in [0.05, 0.1) is 0 Å². The van der Waals surface area contributed by atoms with Crippen LogP contribution in [0, 0.1) is 0 Å². The van der Waals surface area contributed by atoms with E-state index < -0.39 is 6.10 Å². The Morgan fingerprint density at radius 3 is 0.756 bits per heavy atom. The number of hydrogen-bond acceptors (Lipinski definition) is 6. The summed E-state index contributed by atoms with van der Waals surface area (Å²) in [5, 5.41) is 0. The molecule has 474 valence electrons. The van der Waals surface area contributed by atoms with Crippen LogP contribution in [0.4, 0.5) is 0 Å². The quantitative estimate of drug-likeness (QED) is 0.0261. The Labute approximate surface area is 509 Å². The summed E-state index contributed by atoms with van der Waals surface area (Å²) in [6.45, 7) is 6.53. The molecule has 0 fully saturated rings. The first-order chi connectivity index (χ1) is 40.5. The van der Waals surface area contributed by atoms with Crippen molar-refractivity contribution in [1.82, 2.24) is 0 Å². The molecule has 0 rings (SSSR count). The summed E-state index contributed by atoms with van der Waals surface area (Å²) in [4.78, 5) is 38.3. The van der Waals surface area contributed by atoms with Crippen molar-refractivity contribution in [3.05, 3.63) is 85.1 Å². The lowest BCUT2D eigenvalue weighted by Gasteiger charge is -2.18. The minimum Gasteiger partial charge on any atom is -0.462 e. The molecule has 0 spiro atoms. The van der Waals surface area contributed by atoms with Crippen molar-refractivity contribution in [2.24, 2.45) is 0 Å². The molecule has 0 saturated carbocycles. The van der Waals surface area contributed by atoms with Gasteiger partial charge in [0.2, 0.25) is 0 Å². The lowest BCUT2D eigenvalue weighted by Crippen LogP contribution is -2.30. The highest BCUT2D eigenvalue weighted by molar-refractivity contribution is 5.71. The maximum atomic E-state index is 12.9. The number of hydrogen-bond donors (Lipinski definition) is 0. The summed E-state index contributed by atoms with van der Waals surface area (Å²) in [6, 6.07) is 0. The zero-order valence-electron chi connectivity index (χ0n) is 54.5. The molecular weight excluding hydrogens is 1010 g/mol. The van der Waals surface area contributed by atoms with Gasteiger partial charge in [0, 0.05) is 19.3 Å². The van der Waals surface area contributed by atoms with E-state index in [1.165, 1.54) is 218 Å². The van der Waals surface area contributed by atoms with E-state index in [2.05, 4.69) is 106 Å². The van der Waals surface area contributed by atoms with Crippen LogP contribution in [0.2, 0.25) is 0 Å². The van der Waals surface area contributed by atoms with Crippen LogP contribution < -0.4 is 0 Å². The number of carbonyl (C=O) groups excluding carboxylic acids is 3. The van der Waals surface area contributed by atoms with Crippen LogP contribution in [0.15, 0.2) is 85.1 Å². The lowest BCUT2D eigenvalue weighted by molar-refractivity contribution is -0.167. The lowest BCUT2D eigenvalue weighted by atomic mass is 10.0. The molecule has 0 aromatic rings. The fourth-order valence-corrected chi connectivity index (χ4v) is 10.3. The molecule has 0 N–H and O–H groups in total. The van der Waals surface area contributed by atoms with E-state index in [0.29, 0.717) is 19.3 Å². The third kappa shape index (κ3) is 67.4. The second-order valence-corrected chi connectivity index (χ2v) is 23.8.